The Hall–Kier alpha value is -1.95. The predicted octanol–water partition coefficient (Wildman–Crippen LogP) is 2.11. The molecule has 5 nitrogen and oxygen atoms in total. The lowest BCUT2D eigenvalue weighted by Gasteiger charge is -2.05. The van der Waals surface area contributed by atoms with E-state index in [1.165, 1.54) is 6.07 Å². The van der Waals surface area contributed by atoms with Gasteiger partial charge >= 0.3 is 0 Å². The van der Waals surface area contributed by atoms with Gasteiger partial charge in [-0.25, -0.2) is 4.98 Å². The Morgan fingerprint density at radius 1 is 1.41 bits per heavy atom. The third kappa shape index (κ3) is 2.59. The number of anilines is 1. The van der Waals surface area contributed by atoms with Gasteiger partial charge in [-0.3, -0.25) is 10.1 Å². The monoisotopic (exact) mass is 249 g/mol. The van der Waals surface area contributed by atoms with Crippen molar-refractivity contribution in [1.29, 1.82) is 0 Å². The maximum atomic E-state index is 11.9. The van der Waals surface area contributed by atoms with Crippen LogP contribution in [0.2, 0.25) is 0 Å². The lowest BCUT2D eigenvalue weighted by atomic mass is 10.1. The highest BCUT2D eigenvalue weighted by Gasteiger charge is 2.11. The van der Waals surface area contributed by atoms with Crippen LogP contribution >= 0.6 is 11.5 Å². The van der Waals surface area contributed by atoms with Gasteiger partial charge in [0.05, 0.1) is 0 Å². The second kappa shape index (κ2) is 4.50. The molecule has 17 heavy (non-hydrogen) atoms. The van der Waals surface area contributed by atoms with E-state index in [0.29, 0.717) is 22.1 Å². The molecule has 0 saturated heterocycles. The summed E-state index contributed by atoms with van der Waals surface area (Å²) in [5.41, 5.74) is 1.22. The molecule has 0 bridgehead atoms. The molecule has 0 aliphatic heterocycles. The van der Waals surface area contributed by atoms with Crippen LogP contribution in [0.3, 0.4) is 0 Å². The van der Waals surface area contributed by atoms with Crippen LogP contribution in [0.1, 0.15) is 21.7 Å². The van der Waals surface area contributed by atoms with Crippen molar-refractivity contribution in [3.8, 4) is 5.75 Å². The molecule has 2 aromatic rings. The zero-order valence-corrected chi connectivity index (χ0v) is 10.2. The Morgan fingerprint density at radius 2 is 2.18 bits per heavy atom. The van der Waals surface area contributed by atoms with E-state index in [4.69, 9.17) is 0 Å². The van der Waals surface area contributed by atoms with E-state index in [9.17, 15) is 9.90 Å². The molecule has 1 heterocycles. The van der Waals surface area contributed by atoms with Crippen LogP contribution in [0.15, 0.2) is 18.2 Å². The van der Waals surface area contributed by atoms with Crippen LogP contribution in [0.4, 0.5) is 5.13 Å². The van der Waals surface area contributed by atoms with Crippen LogP contribution < -0.4 is 5.32 Å². The zero-order chi connectivity index (χ0) is 12.4. The summed E-state index contributed by atoms with van der Waals surface area (Å²) in [4.78, 5) is 16.0. The standard InChI is InChI=1S/C11H11N3O2S/c1-6-5-8(15)3-4-9(6)10(16)13-11-12-7(2)14-17-11/h3-5,15H,1-2H3,(H,12,13,14,16). The maximum Gasteiger partial charge on any atom is 0.257 e. The number of amides is 1. The first kappa shape index (κ1) is 11.5. The fourth-order valence-corrected chi connectivity index (χ4v) is 1.99. The lowest BCUT2D eigenvalue weighted by Crippen LogP contribution is -2.13. The number of hydrogen-bond donors (Lipinski definition) is 2. The highest BCUT2D eigenvalue weighted by molar-refractivity contribution is 7.09. The number of nitrogens with zero attached hydrogens (tertiary/aromatic N) is 2. The summed E-state index contributed by atoms with van der Waals surface area (Å²) >= 11 is 1.14. The summed E-state index contributed by atoms with van der Waals surface area (Å²) in [6.45, 7) is 3.53. The average Bonchev–Trinajstić information content (AvgIpc) is 2.63. The number of carbonyl (C=O) groups is 1. The van der Waals surface area contributed by atoms with E-state index in [1.807, 2.05) is 0 Å². The van der Waals surface area contributed by atoms with Crippen molar-refractivity contribution in [3.63, 3.8) is 0 Å². The third-order valence-electron chi connectivity index (χ3n) is 2.20. The first-order valence-electron chi connectivity index (χ1n) is 4.97. The van der Waals surface area contributed by atoms with Gasteiger partial charge in [0.25, 0.3) is 5.91 Å². The van der Waals surface area contributed by atoms with Gasteiger partial charge in [0.1, 0.15) is 11.6 Å². The van der Waals surface area contributed by atoms with Crippen molar-refractivity contribution < 1.29 is 9.90 Å². The fourth-order valence-electron chi connectivity index (χ4n) is 1.41. The molecule has 2 rings (SSSR count). The van der Waals surface area contributed by atoms with Crippen LogP contribution in [0, 0.1) is 13.8 Å². The van der Waals surface area contributed by atoms with E-state index < -0.39 is 0 Å². The maximum absolute atomic E-state index is 11.9. The number of phenols is 1. The molecule has 0 unspecified atom stereocenters. The molecule has 0 aliphatic rings. The van der Waals surface area contributed by atoms with Gasteiger partial charge in [0.2, 0.25) is 5.13 Å². The first-order chi connectivity index (χ1) is 8.06. The van der Waals surface area contributed by atoms with Crippen molar-refractivity contribution >= 4 is 22.6 Å². The number of aromatic hydroxyl groups is 1. The molecule has 1 amide bonds. The van der Waals surface area contributed by atoms with Gasteiger partial charge in [-0.15, -0.1) is 0 Å². The number of phenolic OH excluding ortho intramolecular Hbond substituents is 1. The van der Waals surface area contributed by atoms with Crippen molar-refractivity contribution in [1.82, 2.24) is 9.36 Å². The Kier molecular flexibility index (Phi) is 3.06. The average molecular weight is 249 g/mol. The van der Waals surface area contributed by atoms with E-state index in [0.717, 1.165) is 11.5 Å². The molecule has 6 heteroatoms. The largest absolute Gasteiger partial charge is 0.508 e. The molecule has 0 atom stereocenters. The van der Waals surface area contributed by atoms with Gasteiger partial charge < -0.3 is 5.11 Å². The molecular formula is C11H11N3O2S. The number of aromatic nitrogens is 2. The minimum Gasteiger partial charge on any atom is -0.508 e. The SMILES string of the molecule is Cc1nsc(NC(=O)c2ccc(O)cc2C)n1. The summed E-state index contributed by atoms with van der Waals surface area (Å²) in [7, 11) is 0. The normalized spacial score (nSPS) is 10.2. The quantitative estimate of drug-likeness (QED) is 0.854. The van der Waals surface area contributed by atoms with Crippen molar-refractivity contribution in [3.05, 3.63) is 35.2 Å². The topological polar surface area (TPSA) is 75.1 Å². The van der Waals surface area contributed by atoms with E-state index in [2.05, 4.69) is 14.7 Å². The number of nitrogens with one attached hydrogen (secondary N) is 1. The zero-order valence-electron chi connectivity index (χ0n) is 9.39. The van der Waals surface area contributed by atoms with Crippen LogP contribution in [-0.4, -0.2) is 20.4 Å². The van der Waals surface area contributed by atoms with E-state index in [1.54, 1.807) is 26.0 Å². The Morgan fingerprint density at radius 3 is 2.76 bits per heavy atom. The second-order valence-corrected chi connectivity index (χ2v) is 4.35. The van der Waals surface area contributed by atoms with Gasteiger partial charge in [-0.05, 0) is 37.6 Å². The number of hydrogen-bond acceptors (Lipinski definition) is 5. The number of benzene rings is 1. The lowest BCUT2D eigenvalue weighted by molar-refractivity contribution is 0.102. The number of aryl methyl sites for hydroxylation is 2. The Labute approximate surface area is 102 Å². The summed E-state index contributed by atoms with van der Waals surface area (Å²) in [5.74, 6) is 0.525. The minimum absolute atomic E-state index is 0.144. The highest BCUT2D eigenvalue weighted by Crippen LogP contribution is 2.18. The van der Waals surface area contributed by atoms with Crippen LogP contribution in [0.25, 0.3) is 0 Å². The highest BCUT2D eigenvalue weighted by atomic mass is 32.1. The molecule has 0 spiro atoms. The van der Waals surface area contributed by atoms with Crippen molar-refractivity contribution in [2.75, 3.05) is 5.32 Å². The molecule has 0 saturated carbocycles. The van der Waals surface area contributed by atoms with Gasteiger partial charge in [0.15, 0.2) is 0 Å². The predicted molar refractivity (Wildman–Crippen MR) is 65.4 cm³/mol. The summed E-state index contributed by atoms with van der Waals surface area (Å²) in [6.07, 6.45) is 0. The van der Waals surface area contributed by atoms with E-state index in [-0.39, 0.29) is 11.7 Å². The smallest absolute Gasteiger partial charge is 0.257 e. The molecule has 0 fully saturated rings. The van der Waals surface area contributed by atoms with Crippen molar-refractivity contribution in [2.45, 2.75) is 13.8 Å². The van der Waals surface area contributed by atoms with Gasteiger partial charge in [-0.2, -0.15) is 4.37 Å². The minimum atomic E-state index is -0.251. The van der Waals surface area contributed by atoms with E-state index >= 15 is 0 Å². The summed E-state index contributed by atoms with van der Waals surface area (Å²) < 4.78 is 3.98. The molecule has 0 aliphatic carbocycles. The fraction of sp³-hybridized carbons (Fsp3) is 0.182. The van der Waals surface area contributed by atoms with Crippen LogP contribution in [0.5, 0.6) is 5.75 Å². The van der Waals surface area contributed by atoms with Crippen molar-refractivity contribution in [2.24, 2.45) is 0 Å². The number of carbonyl (C=O) groups excluding carboxylic acids is 1. The molecular weight excluding hydrogens is 238 g/mol. The molecule has 2 N–H and O–H groups in total. The number of rotatable bonds is 2. The molecule has 1 aromatic carbocycles. The molecule has 0 radical (unpaired) electrons. The first-order valence-corrected chi connectivity index (χ1v) is 5.75. The Balaban J connectivity index is 2.20. The van der Waals surface area contributed by atoms with Crippen LogP contribution in [-0.2, 0) is 0 Å². The molecule has 88 valence electrons. The molecule has 1 aromatic heterocycles. The Bertz CT molecular complexity index is 566. The summed E-state index contributed by atoms with van der Waals surface area (Å²) in [6, 6.07) is 4.60. The van der Waals surface area contributed by atoms with Gasteiger partial charge in [0, 0.05) is 17.1 Å². The van der Waals surface area contributed by atoms with Gasteiger partial charge in [-0.1, -0.05) is 0 Å². The summed E-state index contributed by atoms with van der Waals surface area (Å²) in [5, 5.41) is 12.4. The third-order valence-corrected chi connectivity index (χ3v) is 2.92. The second-order valence-electron chi connectivity index (χ2n) is 3.60.